The van der Waals surface area contributed by atoms with Gasteiger partial charge in [-0.2, -0.15) is 0 Å². The fourth-order valence-electron chi connectivity index (χ4n) is 1.67. The van der Waals surface area contributed by atoms with E-state index in [0.717, 1.165) is 6.42 Å². The highest BCUT2D eigenvalue weighted by atomic mass is 16.6. The number of fused-ring (bicyclic) bond motifs is 1. The van der Waals surface area contributed by atoms with E-state index >= 15 is 0 Å². The van der Waals surface area contributed by atoms with Gasteiger partial charge in [0, 0.05) is 0 Å². The van der Waals surface area contributed by atoms with E-state index in [1.54, 1.807) is 0 Å². The molecule has 0 amide bonds. The second-order valence-corrected chi connectivity index (χ2v) is 2.93. The zero-order chi connectivity index (χ0) is 6.81. The molecule has 1 aliphatic carbocycles. The molecule has 1 saturated carbocycles. The molecule has 2 fully saturated rings. The molecule has 1 saturated heterocycles. The van der Waals surface area contributed by atoms with Crippen LogP contribution in [0.2, 0.25) is 0 Å². The van der Waals surface area contributed by atoms with Crippen LogP contribution in [-0.4, -0.2) is 18.8 Å². The van der Waals surface area contributed by atoms with Crippen LogP contribution in [0.4, 0.5) is 0 Å². The summed E-state index contributed by atoms with van der Waals surface area (Å²) in [5.74, 6) is 0. The molecular formula is C8H12O2. The summed E-state index contributed by atoms with van der Waals surface area (Å²) in [7, 11) is 0. The van der Waals surface area contributed by atoms with E-state index in [2.05, 4.69) is 6.61 Å². The van der Waals surface area contributed by atoms with Gasteiger partial charge in [-0.05, 0) is 12.8 Å². The van der Waals surface area contributed by atoms with Gasteiger partial charge in [-0.3, -0.25) is 0 Å². The summed E-state index contributed by atoms with van der Waals surface area (Å²) in [6.45, 7) is 3.32. The third-order valence-electron chi connectivity index (χ3n) is 2.23. The average molecular weight is 140 g/mol. The Balaban J connectivity index is 1.93. The number of rotatable bonds is 0. The Kier molecular flexibility index (Phi) is 1.91. The maximum atomic E-state index is 5.45. The van der Waals surface area contributed by atoms with E-state index in [4.69, 9.17) is 9.47 Å². The minimum atomic E-state index is 0.322. The van der Waals surface area contributed by atoms with Crippen molar-refractivity contribution in [3.05, 3.63) is 6.61 Å². The molecule has 0 bridgehead atoms. The lowest BCUT2D eigenvalue weighted by molar-refractivity contribution is -0.125. The molecule has 2 unspecified atom stereocenters. The molecule has 2 aliphatic rings. The van der Waals surface area contributed by atoms with Gasteiger partial charge in [0.25, 0.3) is 0 Å². The zero-order valence-electron chi connectivity index (χ0n) is 6.01. The van der Waals surface area contributed by atoms with Crippen LogP contribution in [0.25, 0.3) is 0 Å². The summed E-state index contributed by atoms with van der Waals surface area (Å²) in [5, 5.41) is 0. The van der Waals surface area contributed by atoms with E-state index in [-0.39, 0.29) is 0 Å². The molecule has 2 radical (unpaired) electrons. The lowest BCUT2D eigenvalue weighted by Crippen LogP contribution is -2.38. The third kappa shape index (κ3) is 1.18. The molecule has 0 aromatic rings. The Morgan fingerprint density at radius 2 is 1.90 bits per heavy atom. The van der Waals surface area contributed by atoms with Crippen LogP contribution in [0.15, 0.2) is 0 Å². The second-order valence-electron chi connectivity index (χ2n) is 2.93. The molecule has 0 N–H and O–H groups in total. The van der Waals surface area contributed by atoms with Crippen molar-refractivity contribution in [3.8, 4) is 0 Å². The Hall–Kier alpha value is -0.0800. The first-order valence-corrected chi connectivity index (χ1v) is 3.97. The van der Waals surface area contributed by atoms with Gasteiger partial charge in [0.15, 0.2) is 6.61 Å². The Morgan fingerprint density at radius 3 is 2.70 bits per heavy atom. The number of ether oxygens (including phenoxy) is 2. The van der Waals surface area contributed by atoms with Crippen molar-refractivity contribution in [3.63, 3.8) is 0 Å². The monoisotopic (exact) mass is 140 g/mol. The first-order chi connectivity index (χ1) is 4.97. The molecular weight excluding hydrogens is 128 g/mol. The third-order valence-corrected chi connectivity index (χ3v) is 2.23. The predicted octanol–water partition coefficient (Wildman–Crippen LogP) is 1.38. The van der Waals surface area contributed by atoms with E-state index in [9.17, 15) is 0 Å². The summed E-state index contributed by atoms with van der Waals surface area (Å²) >= 11 is 0. The van der Waals surface area contributed by atoms with Crippen molar-refractivity contribution >= 4 is 0 Å². The molecule has 10 heavy (non-hydrogen) atoms. The minimum absolute atomic E-state index is 0.322. The van der Waals surface area contributed by atoms with Gasteiger partial charge >= 0.3 is 0 Å². The molecule has 0 aromatic heterocycles. The zero-order valence-corrected chi connectivity index (χ0v) is 6.01. The number of hydrogen-bond donors (Lipinski definition) is 0. The first kappa shape index (κ1) is 6.62. The van der Waals surface area contributed by atoms with Crippen molar-refractivity contribution in [1.29, 1.82) is 0 Å². The highest BCUT2D eigenvalue weighted by Crippen LogP contribution is 2.26. The summed E-state index contributed by atoms with van der Waals surface area (Å²) in [6.07, 6.45) is 5.60. The molecule has 2 atom stereocenters. The molecule has 2 heteroatoms. The normalized spacial score (nSPS) is 40.8. The fraction of sp³-hybridized carbons (Fsp3) is 0.875. The Bertz CT molecular complexity index is 87.8. The van der Waals surface area contributed by atoms with Gasteiger partial charge in [-0.1, -0.05) is 12.8 Å². The minimum Gasteiger partial charge on any atom is -0.372 e. The van der Waals surface area contributed by atoms with Crippen LogP contribution in [0.1, 0.15) is 25.7 Å². The predicted molar refractivity (Wildman–Crippen MR) is 36.3 cm³/mol. The topological polar surface area (TPSA) is 18.5 Å². The summed E-state index contributed by atoms with van der Waals surface area (Å²) in [6, 6.07) is 0. The van der Waals surface area contributed by atoms with Gasteiger partial charge in [-0.15, -0.1) is 0 Å². The lowest BCUT2D eigenvalue weighted by Gasteiger charge is -2.34. The fourth-order valence-corrected chi connectivity index (χ4v) is 1.67. The van der Waals surface area contributed by atoms with Crippen molar-refractivity contribution < 1.29 is 9.47 Å². The van der Waals surface area contributed by atoms with Gasteiger partial charge in [0.05, 0.1) is 18.8 Å². The summed E-state index contributed by atoms with van der Waals surface area (Å²) in [4.78, 5) is 0. The molecule has 2 rings (SSSR count). The first-order valence-electron chi connectivity index (χ1n) is 3.97. The van der Waals surface area contributed by atoms with Crippen molar-refractivity contribution in [1.82, 2.24) is 0 Å². The van der Waals surface area contributed by atoms with Crippen molar-refractivity contribution in [2.24, 2.45) is 0 Å². The van der Waals surface area contributed by atoms with Crippen LogP contribution >= 0.6 is 0 Å². The van der Waals surface area contributed by atoms with Crippen LogP contribution in [0.3, 0.4) is 0 Å². The maximum absolute atomic E-state index is 5.45. The van der Waals surface area contributed by atoms with E-state index < -0.39 is 0 Å². The van der Waals surface area contributed by atoms with Crippen LogP contribution < -0.4 is 0 Å². The van der Waals surface area contributed by atoms with E-state index in [0.29, 0.717) is 18.8 Å². The Morgan fingerprint density at radius 1 is 1.10 bits per heavy atom. The SMILES string of the molecule is [C]1COC2CCCCC2O1. The average Bonchev–Trinajstić information content (AvgIpc) is 2.05. The quantitative estimate of drug-likeness (QED) is 0.506. The molecule has 2 nitrogen and oxygen atoms in total. The van der Waals surface area contributed by atoms with Crippen LogP contribution in [-0.2, 0) is 9.47 Å². The molecule has 56 valence electrons. The summed E-state index contributed by atoms with van der Waals surface area (Å²) < 4.78 is 10.8. The van der Waals surface area contributed by atoms with Crippen molar-refractivity contribution in [2.45, 2.75) is 37.9 Å². The molecule has 1 aliphatic heterocycles. The van der Waals surface area contributed by atoms with Gasteiger partial charge < -0.3 is 9.47 Å². The lowest BCUT2D eigenvalue weighted by atomic mass is 9.94. The standard InChI is InChI=1S/C8H12O2/c1-2-4-8-7(3-1)9-5-6-10-8/h7-8H,1-5H2. The van der Waals surface area contributed by atoms with Crippen molar-refractivity contribution in [2.75, 3.05) is 6.61 Å². The van der Waals surface area contributed by atoms with Gasteiger partial charge in [0.2, 0.25) is 0 Å². The summed E-state index contributed by atoms with van der Waals surface area (Å²) in [5.41, 5.74) is 0. The van der Waals surface area contributed by atoms with Gasteiger partial charge in [0.1, 0.15) is 0 Å². The second kappa shape index (κ2) is 2.89. The molecule has 1 heterocycles. The van der Waals surface area contributed by atoms with Crippen LogP contribution in [0.5, 0.6) is 0 Å². The van der Waals surface area contributed by atoms with Gasteiger partial charge in [-0.25, -0.2) is 0 Å². The largest absolute Gasteiger partial charge is 0.372 e. The van der Waals surface area contributed by atoms with E-state index in [1.165, 1.54) is 19.3 Å². The van der Waals surface area contributed by atoms with E-state index in [1.807, 2.05) is 0 Å². The maximum Gasteiger partial charge on any atom is 0.160 e. The molecule has 0 aromatic carbocycles. The van der Waals surface area contributed by atoms with Crippen LogP contribution in [0, 0.1) is 6.61 Å². The Labute approximate surface area is 61.5 Å². The smallest absolute Gasteiger partial charge is 0.160 e. The highest BCUT2D eigenvalue weighted by molar-refractivity contribution is 4.80. The molecule has 0 spiro atoms. The highest BCUT2D eigenvalue weighted by Gasteiger charge is 2.29. The number of hydrogen-bond acceptors (Lipinski definition) is 2.